The van der Waals surface area contributed by atoms with E-state index in [4.69, 9.17) is 14.2 Å². The first-order chi connectivity index (χ1) is 14.5. The molecule has 0 fully saturated rings. The van der Waals surface area contributed by atoms with Crippen LogP contribution in [0.25, 0.3) is 0 Å². The largest absolute Gasteiger partial charge is 0.490 e. The summed E-state index contributed by atoms with van der Waals surface area (Å²) in [6.07, 6.45) is 7.54. The third-order valence-electron chi connectivity index (χ3n) is 4.48. The number of esters is 1. The molecule has 1 aliphatic carbocycles. The molecule has 0 aromatic heterocycles. The minimum Gasteiger partial charge on any atom is -0.490 e. The van der Waals surface area contributed by atoms with E-state index >= 15 is 0 Å². The quantitative estimate of drug-likeness (QED) is 0.446. The number of allylic oxidation sites excluding steroid dienone is 1. The van der Waals surface area contributed by atoms with Gasteiger partial charge in [0.1, 0.15) is 0 Å². The molecular weight excluding hydrogens is 388 g/mol. The Hall–Kier alpha value is -3.03. The van der Waals surface area contributed by atoms with Crippen LogP contribution >= 0.6 is 0 Å². The summed E-state index contributed by atoms with van der Waals surface area (Å²) in [7, 11) is 0. The van der Waals surface area contributed by atoms with Gasteiger partial charge in [-0.3, -0.25) is 10.1 Å². The molecule has 2 N–H and O–H groups in total. The molecule has 0 radical (unpaired) electrons. The van der Waals surface area contributed by atoms with E-state index in [1.807, 2.05) is 13.8 Å². The Labute approximate surface area is 176 Å². The fourth-order valence-corrected chi connectivity index (χ4v) is 3.07. The predicted molar refractivity (Wildman–Crippen MR) is 112 cm³/mol. The van der Waals surface area contributed by atoms with Gasteiger partial charge >= 0.3 is 12.0 Å². The zero-order valence-corrected chi connectivity index (χ0v) is 17.6. The van der Waals surface area contributed by atoms with Crippen LogP contribution in [0.15, 0.2) is 29.8 Å². The van der Waals surface area contributed by atoms with Crippen molar-refractivity contribution in [3.8, 4) is 11.5 Å². The van der Waals surface area contributed by atoms with Crippen LogP contribution < -0.4 is 20.1 Å². The highest BCUT2D eigenvalue weighted by molar-refractivity contribution is 5.97. The molecule has 3 amide bonds. The number of hydrogen-bond acceptors (Lipinski definition) is 6. The maximum atomic E-state index is 12.2. The molecule has 8 heteroatoms. The van der Waals surface area contributed by atoms with E-state index in [-0.39, 0.29) is 5.56 Å². The number of carbonyl (C=O) groups is 3. The third kappa shape index (κ3) is 7.77. The first-order valence-electron chi connectivity index (χ1n) is 10.4. The molecule has 1 aromatic carbocycles. The maximum absolute atomic E-state index is 12.2. The summed E-state index contributed by atoms with van der Waals surface area (Å²) in [6, 6.07) is 4.04. The smallest absolute Gasteiger partial charge is 0.338 e. The normalized spacial score (nSPS) is 13.1. The summed E-state index contributed by atoms with van der Waals surface area (Å²) >= 11 is 0. The lowest BCUT2D eigenvalue weighted by molar-refractivity contribution is -0.123. The highest BCUT2D eigenvalue weighted by Gasteiger charge is 2.15. The van der Waals surface area contributed by atoms with Crippen molar-refractivity contribution in [2.24, 2.45) is 0 Å². The highest BCUT2D eigenvalue weighted by Crippen LogP contribution is 2.28. The molecule has 1 aromatic rings. The van der Waals surface area contributed by atoms with Crippen molar-refractivity contribution in [2.45, 2.75) is 46.0 Å². The number of nitrogens with one attached hydrogen (secondary N) is 2. The van der Waals surface area contributed by atoms with Gasteiger partial charge < -0.3 is 19.5 Å². The molecule has 2 rings (SSSR count). The van der Waals surface area contributed by atoms with E-state index in [2.05, 4.69) is 16.7 Å². The second-order valence-electron chi connectivity index (χ2n) is 6.77. The van der Waals surface area contributed by atoms with Crippen LogP contribution in [0.4, 0.5) is 4.79 Å². The maximum Gasteiger partial charge on any atom is 0.338 e. The Bertz CT molecular complexity index is 775. The summed E-state index contributed by atoms with van der Waals surface area (Å²) in [4.78, 5) is 35.9. The lowest BCUT2D eigenvalue weighted by Gasteiger charge is -2.13. The number of imide groups is 1. The Morgan fingerprint density at radius 1 is 1.03 bits per heavy atom. The van der Waals surface area contributed by atoms with Gasteiger partial charge in [0.25, 0.3) is 5.91 Å². The van der Waals surface area contributed by atoms with E-state index < -0.39 is 24.5 Å². The Morgan fingerprint density at radius 2 is 1.80 bits per heavy atom. The fourth-order valence-electron chi connectivity index (χ4n) is 3.07. The van der Waals surface area contributed by atoms with Gasteiger partial charge in [-0.25, -0.2) is 9.59 Å². The number of benzene rings is 1. The van der Waals surface area contributed by atoms with Crippen LogP contribution in [0, 0.1) is 0 Å². The average molecular weight is 418 g/mol. The van der Waals surface area contributed by atoms with Gasteiger partial charge in [-0.15, -0.1) is 0 Å². The average Bonchev–Trinajstić information content (AvgIpc) is 2.74. The molecule has 1 aliphatic rings. The van der Waals surface area contributed by atoms with E-state index in [0.717, 1.165) is 19.3 Å². The molecular formula is C22H30N2O6. The summed E-state index contributed by atoms with van der Waals surface area (Å²) in [5.74, 6) is -0.451. The van der Waals surface area contributed by atoms with Gasteiger partial charge in [-0.1, -0.05) is 11.6 Å². The van der Waals surface area contributed by atoms with Crippen LogP contribution in [0.5, 0.6) is 11.5 Å². The van der Waals surface area contributed by atoms with Crippen molar-refractivity contribution in [1.29, 1.82) is 0 Å². The Balaban J connectivity index is 1.75. The summed E-state index contributed by atoms with van der Waals surface area (Å²) < 4.78 is 15.9. The number of amides is 3. The van der Waals surface area contributed by atoms with E-state index in [0.29, 0.717) is 31.3 Å². The molecule has 8 nitrogen and oxygen atoms in total. The fraction of sp³-hybridized carbons (Fsp3) is 0.500. The number of hydrogen-bond donors (Lipinski definition) is 2. The standard InChI is InChI=1S/C22H30N2O6/c1-3-28-18-11-10-17(14-19(18)29-4-2)21(26)30-15-20(25)24-22(27)23-13-12-16-8-6-5-7-9-16/h8,10-11,14H,3-7,9,12-13,15H2,1-2H3,(H2,23,24,25,27). The molecule has 164 valence electrons. The van der Waals surface area contributed by atoms with Crippen molar-refractivity contribution >= 4 is 17.9 Å². The van der Waals surface area contributed by atoms with Gasteiger partial charge in [0.2, 0.25) is 0 Å². The second-order valence-corrected chi connectivity index (χ2v) is 6.77. The first-order valence-corrected chi connectivity index (χ1v) is 10.4. The molecule has 30 heavy (non-hydrogen) atoms. The van der Waals surface area contributed by atoms with Crippen LogP contribution in [0.2, 0.25) is 0 Å². The lowest BCUT2D eigenvalue weighted by Crippen LogP contribution is -2.41. The Morgan fingerprint density at radius 3 is 2.50 bits per heavy atom. The lowest BCUT2D eigenvalue weighted by atomic mass is 9.97. The third-order valence-corrected chi connectivity index (χ3v) is 4.48. The van der Waals surface area contributed by atoms with E-state index in [9.17, 15) is 14.4 Å². The van der Waals surface area contributed by atoms with Gasteiger partial charge in [-0.05, 0) is 64.2 Å². The SMILES string of the molecule is CCOc1ccc(C(=O)OCC(=O)NC(=O)NCCC2=CCCCC2)cc1OCC. The molecule has 0 aliphatic heterocycles. The Kier molecular flexibility index (Phi) is 9.70. The van der Waals surface area contributed by atoms with Crippen molar-refractivity contribution in [1.82, 2.24) is 10.6 Å². The molecule has 0 atom stereocenters. The van der Waals surface area contributed by atoms with Crippen LogP contribution in [-0.2, 0) is 9.53 Å². The van der Waals surface area contributed by atoms with Crippen LogP contribution in [0.1, 0.15) is 56.3 Å². The minimum atomic E-state index is -0.700. The number of ether oxygens (including phenoxy) is 3. The number of urea groups is 1. The molecule has 0 spiro atoms. The van der Waals surface area contributed by atoms with E-state index in [1.165, 1.54) is 30.5 Å². The number of rotatable bonds is 10. The van der Waals surface area contributed by atoms with Crippen LogP contribution in [0.3, 0.4) is 0 Å². The van der Waals surface area contributed by atoms with Gasteiger partial charge in [0.15, 0.2) is 18.1 Å². The first kappa shape index (κ1) is 23.3. The zero-order chi connectivity index (χ0) is 21.8. The summed E-state index contributed by atoms with van der Waals surface area (Å²) in [5, 5.41) is 4.79. The number of carbonyl (C=O) groups excluding carboxylic acids is 3. The van der Waals surface area contributed by atoms with Crippen LogP contribution in [-0.4, -0.2) is 44.3 Å². The second kappa shape index (κ2) is 12.5. The minimum absolute atomic E-state index is 0.222. The predicted octanol–water partition coefficient (Wildman–Crippen LogP) is 3.36. The summed E-state index contributed by atoms with van der Waals surface area (Å²) in [5.41, 5.74) is 1.56. The molecule has 0 saturated heterocycles. The van der Waals surface area contributed by atoms with Crippen molar-refractivity contribution < 1.29 is 28.6 Å². The topological polar surface area (TPSA) is 103 Å². The monoisotopic (exact) mass is 418 g/mol. The summed E-state index contributed by atoms with van der Waals surface area (Å²) in [6.45, 7) is 4.44. The molecule has 0 saturated carbocycles. The van der Waals surface area contributed by atoms with Gasteiger partial charge in [0.05, 0.1) is 18.8 Å². The van der Waals surface area contributed by atoms with Gasteiger partial charge in [0, 0.05) is 6.54 Å². The van der Waals surface area contributed by atoms with Crippen molar-refractivity contribution in [3.63, 3.8) is 0 Å². The van der Waals surface area contributed by atoms with Gasteiger partial charge in [-0.2, -0.15) is 0 Å². The van der Waals surface area contributed by atoms with Crippen molar-refractivity contribution in [3.05, 3.63) is 35.4 Å². The van der Waals surface area contributed by atoms with Crippen molar-refractivity contribution in [2.75, 3.05) is 26.4 Å². The highest BCUT2D eigenvalue weighted by atomic mass is 16.5. The molecule has 0 bridgehead atoms. The zero-order valence-electron chi connectivity index (χ0n) is 17.6. The molecule has 0 unspecified atom stereocenters. The van der Waals surface area contributed by atoms with E-state index in [1.54, 1.807) is 6.07 Å². The molecule has 0 heterocycles.